The van der Waals surface area contributed by atoms with Gasteiger partial charge in [-0.1, -0.05) is 52.0 Å². The zero-order valence-electron chi connectivity index (χ0n) is 20.7. The van der Waals surface area contributed by atoms with Gasteiger partial charge in [0.2, 0.25) is 0 Å². The lowest BCUT2D eigenvalue weighted by Gasteiger charge is -2.42. The van der Waals surface area contributed by atoms with Gasteiger partial charge in [-0.2, -0.15) is 5.10 Å². The molecule has 0 saturated carbocycles. The summed E-state index contributed by atoms with van der Waals surface area (Å²) in [4.78, 5) is 11.5. The first kappa shape index (κ1) is 24.9. The summed E-state index contributed by atoms with van der Waals surface area (Å²) in [6, 6.07) is 12.2. The first-order chi connectivity index (χ1) is 16.4. The number of sulfone groups is 1. The largest absolute Gasteiger partial charge is 0.478 e. The van der Waals surface area contributed by atoms with Crippen molar-refractivity contribution in [1.82, 2.24) is 9.78 Å². The van der Waals surface area contributed by atoms with Gasteiger partial charge in [-0.15, -0.1) is 0 Å². The van der Waals surface area contributed by atoms with E-state index in [0.717, 1.165) is 24.0 Å². The number of carboxylic acids is 1. The second-order valence-electron chi connectivity index (χ2n) is 10.6. The van der Waals surface area contributed by atoms with Crippen molar-refractivity contribution >= 4 is 28.0 Å². The van der Waals surface area contributed by atoms with E-state index in [1.54, 1.807) is 47.4 Å². The highest BCUT2D eigenvalue weighted by molar-refractivity contribution is 7.91. The van der Waals surface area contributed by atoms with Gasteiger partial charge < -0.3 is 5.11 Å². The average Bonchev–Trinajstić information content (AvgIpc) is 3.33. The molecule has 1 aliphatic rings. The van der Waals surface area contributed by atoms with E-state index in [-0.39, 0.29) is 28.7 Å². The number of carbonyl (C=O) groups is 1. The number of hydrogen-bond donors (Lipinski definition) is 1. The van der Waals surface area contributed by atoms with Crippen LogP contribution in [0.3, 0.4) is 0 Å². The van der Waals surface area contributed by atoms with Crippen LogP contribution in [0, 0.1) is 0 Å². The van der Waals surface area contributed by atoms with Crippen molar-refractivity contribution in [3.8, 4) is 0 Å². The maximum absolute atomic E-state index is 13.6. The molecule has 1 heterocycles. The Kier molecular flexibility index (Phi) is 6.49. The van der Waals surface area contributed by atoms with Crippen LogP contribution >= 0.6 is 0 Å². The molecule has 35 heavy (non-hydrogen) atoms. The van der Waals surface area contributed by atoms with Crippen LogP contribution in [-0.4, -0.2) is 35.0 Å². The molecule has 0 unspecified atom stereocenters. The minimum atomic E-state index is -3.60. The molecular formula is C28H32N2O4S. The van der Waals surface area contributed by atoms with Gasteiger partial charge in [-0.25, -0.2) is 13.2 Å². The standard InChI is InChI=1S/C28H32N2O4S/c1-27(2)12-13-28(3,4)24-19-25(35(33,34)17-16-30-15-5-14-29-30)22(18-23(24)27)11-8-20-6-9-21(10-7-20)26(31)32/h5-11,14-15,18-19H,12-13,16-17H2,1-4H3,(H,31,32). The maximum Gasteiger partial charge on any atom is 0.335 e. The van der Waals surface area contributed by atoms with E-state index in [0.29, 0.717) is 10.5 Å². The van der Waals surface area contributed by atoms with Gasteiger partial charge in [0.1, 0.15) is 0 Å². The fourth-order valence-electron chi connectivity index (χ4n) is 4.69. The molecule has 0 saturated heterocycles. The van der Waals surface area contributed by atoms with Crippen molar-refractivity contribution in [2.75, 3.05) is 5.75 Å². The number of aryl methyl sites for hydroxylation is 1. The third kappa shape index (κ3) is 5.25. The molecule has 7 heteroatoms. The van der Waals surface area contributed by atoms with Gasteiger partial charge in [0.15, 0.2) is 9.84 Å². The Balaban J connectivity index is 1.80. The molecule has 0 aliphatic heterocycles. The zero-order chi connectivity index (χ0) is 25.4. The van der Waals surface area contributed by atoms with Gasteiger partial charge in [0, 0.05) is 12.4 Å². The Morgan fingerprint density at radius 3 is 2.23 bits per heavy atom. The number of rotatable bonds is 7. The van der Waals surface area contributed by atoms with Crippen molar-refractivity contribution in [2.45, 2.75) is 62.8 Å². The molecule has 4 rings (SSSR count). The van der Waals surface area contributed by atoms with Crippen molar-refractivity contribution in [3.05, 3.63) is 82.7 Å². The monoisotopic (exact) mass is 492 g/mol. The predicted octanol–water partition coefficient (Wildman–Crippen LogP) is 5.57. The highest BCUT2D eigenvalue weighted by Gasteiger charge is 2.38. The fraction of sp³-hybridized carbons (Fsp3) is 0.357. The van der Waals surface area contributed by atoms with Crippen LogP contribution in [0.2, 0.25) is 0 Å². The lowest BCUT2D eigenvalue weighted by atomic mass is 9.63. The van der Waals surface area contributed by atoms with E-state index in [1.807, 2.05) is 24.3 Å². The minimum absolute atomic E-state index is 0.0502. The summed E-state index contributed by atoms with van der Waals surface area (Å²) < 4.78 is 28.8. The fourth-order valence-corrected chi connectivity index (χ4v) is 6.12. The highest BCUT2D eigenvalue weighted by Crippen LogP contribution is 2.47. The van der Waals surface area contributed by atoms with E-state index >= 15 is 0 Å². The molecule has 0 fully saturated rings. The summed E-state index contributed by atoms with van der Waals surface area (Å²) in [5.74, 6) is -1.03. The van der Waals surface area contributed by atoms with E-state index in [9.17, 15) is 13.2 Å². The number of fused-ring (bicyclic) bond motifs is 1. The lowest BCUT2D eigenvalue weighted by molar-refractivity contribution is 0.0697. The third-order valence-electron chi connectivity index (χ3n) is 7.08. The molecule has 0 amide bonds. The summed E-state index contributed by atoms with van der Waals surface area (Å²) in [5, 5.41) is 13.3. The first-order valence-corrected chi connectivity index (χ1v) is 13.4. The van der Waals surface area contributed by atoms with Crippen LogP contribution < -0.4 is 0 Å². The van der Waals surface area contributed by atoms with Crippen molar-refractivity contribution in [3.63, 3.8) is 0 Å². The molecule has 0 bridgehead atoms. The maximum atomic E-state index is 13.6. The van der Waals surface area contributed by atoms with E-state index < -0.39 is 15.8 Å². The van der Waals surface area contributed by atoms with Gasteiger partial charge in [-0.05, 0) is 76.3 Å². The Morgan fingerprint density at radius 1 is 1.03 bits per heavy atom. The number of carboxylic acid groups (broad SMARTS) is 1. The van der Waals surface area contributed by atoms with Crippen LogP contribution in [0.15, 0.2) is 59.8 Å². The minimum Gasteiger partial charge on any atom is -0.478 e. The number of benzene rings is 2. The molecule has 1 N–H and O–H groups in total. The summed E-state index contributed by atoms with van der Waals surface area (Å²) >= 11 is 0. The zero-order valence-corrected chi connectivity index (χ0v) is 21.5. The molecule has 6 nitrogen and oxygen atoms in total. The quantitative estimate of drug-likeness (QED) is 0.435. The second-order valence-corrected chi connectivity index (χ2v) is 12.6. The molecule has 0 atom stereocenters. The molecule has 2 aromatic carbocycles. The third-order valence-corrected chi connectivity index (χ3v) is 8.82. The van der Waals surface area contributed by atoms with Crippen molar-refractivity contribution in [2.24, 2.45) is 0 Å². The van der Waals surface area contributed by atoms with Crippen LogP contribution in [0.25, 0.3) is 12.2 Å². The van der Waals surface area contributed by atoms with Crippen LogP contribution in [-0.2, 0) is 27.2 Å². The number of hydrogen-bond acceptors (Lipinski definition) is 4. The Morgan fingerprint density at radius 2 is 1.66 bits per heavy atom. The molecule has 1 aliphatic carbocycles. The Labute approximate surface area is 207 Å². The number of aromatic nitrogens is 2. The summed E-state index contributed by atoms with van der Waals surface area (Å²) in [6.07, 6.45) is 9.08. The van der Waals surface area contributed by atoms with Gasteiger partial charge in [0.05, 0.1) is 22.8 Å². The molecule has 0 radical (unpaired) electrons. The molecule has 184 valence electrons. The average molecular weight is 493 g/mol. The summed E-state index contributed by atoms with van der Waals surface area (Å²) in [5.41, 5.74) is 3.75. The van der Waals surface area contributed by atoms with Gasteiger partial charge >= 0.3 is 5.97 Å². The first-order valence-electron chi connectivity index (χ1n) is 11.8. The SMILES string of the molecule is CC1(C)CCC(C)(C)c2cc(S(=O)(=O)CCn3cccn3)c(C=Cc3ccc(C(=O)O)cc3)cc21. The predicted molar refractivity (Wildman–Crippen MR) is 138 cm³/mol. The van der Waals surface area contributed by atoms with Crippen molar-refractivity contribution < 1.29 is 18.3 Å². The lowest BCUT2D eigenvalue weighted by Crippen LogP contribution is -2.34. The smallest absolute Gasteiger partial charge is 0.335 e. The molecule has 1 aromatic heterocycles. The Hall–Kier alpha value is -3.19. The van der Waals surface area contributed by atoms with E-state index in [2.05, 4.69) is 32.8 Å². The molecule has 3 aromatic rings. The summed E-state index contributed by atoms with van der Waals surface area (Å²) in [7, 11) is -3.60. The van der Waals surface area contributed by atoms with Crippen LogP contribution in [0.1, 0.15) is 73.1 Å². The van der Waals surface area contributed by atoms with Gasteiger partial charge in [-0.3, -0.25) is 4.68 Å². The topological polar surface area (TPSA) is 89.3 Å². The van der Waals surface area contributed by atoms with Crippen molar-refractivity contribution in [1.29, 1.82) is 0 Å². The van der Waals surface area contributed by atoms with Gasteiger partial charge in [0.25, 0.3) is 0 Å². The number of aromatic carboxylic acids is 1. The summed E-state index contributed by atoms with van der Waals surface area (Å²) in [6.45, 7) is 9.07. The normalized spacial score (nSPS) is 16.8. The molecular weight excluding hydrogens is 460 g/mol. The number of nitrogens with zero attached hydrogens (tertiary/aromatic N) is 2. The second kappa shape index (κ2) is 9.11. The van der Waals surface area contributed by atoms with E-state index in [4.69, 9.17) is 5.11 Å². The molecule has 0 spiro atoms. The van der Waals surface area contributed by atoms with Crippen LogP contribution in [0.5, 0.6) is 0 Å². The van der Waals surface area contributed by atoms with E-state index in [1.165, 1.54) is 5.56 Å². The highest BCUT2D eigenvalue weighted by atomic mass is 32.2. The Bertz CT molecular complexity index is 1370. The van der Waals surface area contributed by atoms with Crippen LogP contribution in [0.4, 0.5) is 0 Å².